The predicted molar refractivity (Wildman–Crippen MR) is 178 cm³/mol. The first kappa shape index (κ1) is 34.2. The number of nitrogens with zero attached hydrogens (tertiary/aromatic N) is 2. The van der Waals surface area contributed by atoms with Crippen LogP contribution in [0.5, 0.6) is 5.75 Å². The molecule has 0 fully saturated rings. The Balaban J connectivity index is 1.63. The highest BCUT2D eigenvalue weighted by molar-refractivity contribution is 7.92. The molecule has 242 valence electrons. The summed E-state index contributed by atoms with van der Waals surface area (Å²) >= 11 is 0. The van der Waals surface area contributed by atoms with Gasteiger partial charge in [0.25, 0.3) is 0 Å². The number of hydrogen-bond acceptors (Lipinski definition) is 5. The third-order valence-corrected chi connectivity index (χ3v) is 8.41. The topological polar surface area (TPSA) is 96.0 Å². The molecule has 0 radical (unpaired) electrons. The molecule has 0 aromatic heterocycles. The quantitative estimate of drug-likeness (QED) is 0.182. The fraction of sp³-hybridized carbons (Fsp3) is 0.278. The summed E-state index contributed by atoms with van der Waals surface area (Å²) in [6, 6.07) is 30.1. The number of hydrogen-bond donors (Lipinski definition) is 1. The average Bonchev–Trinajstić information content (AvgIpc) is 3.04. The summed E-state index contributed by atoms with van der Waals surface area (Å²) in [6.45, 7) is 4.10. The number of carbonyl (C=O) groups is 2. The van der Waals surface area contributed by atoms with Gasteiger partial charge in [-0.2, -0.15) is 0 Å². The summed E-state index contributed by atoms with van der Waals surface area (Å²) in [6.07, 6.45) is 1.23. The van der Waals surface area contributed by atoms with E-state index in [-0.39, 0.29) is 30.5 Å². The highest BCUT2D eigenvalue weighted by Gasteiger charge is 2.33. The first-order valence-corrected chi connectivity index (χ1v) is 16.9. The van der Waals surface area contributed by atoms with Crippen molar-refractivity contribution in [1.82, 2.24) is 10.2 Å². The highest BCUT2D eigenvalue weighted by Crippen LogP contribution is 2.24. The molecular weight excluding hydrogens is 605 g/mol. The molecule has 0 aliphatic rings. The minimum atomic E-state index is -3.92. The van der Waals surface area contributed by atoms with Crippen molar-refractivity contribution in [2.75, 3.05) is 23.7 Å². The summed E-state index contributed by atoms with van der Waals surface area (Å²) in [4.78, 5) is 29.3. The van der Waals surface area contributed by atoms with Gasteiger partial charge in [0.2, 0.25) is 21.8 Å². The van der Waals surface area contributed by atoms with E-state index in [9.17, 15) is 22.4 Å². The normalized spacial score (nSPS) is 11.9. The van der Waals surface area contributed by atoms with Crippen LogP contribution in [0.25, 0.3) is 0 Å². The number of benzene rings is 4. The smallest absolute Gasteiger partial charge is 0.244 e. The molecule has 4 aromatic carbocycles. The van der Waals surface area contributed by atoms with Crippen molar-refractivity contribution in [3.63, 3.8) is 0 Å². The number of ether oxygens (including phenoxy) is 1. The molecule has 0 aliphatic carbocycles. The van der Waals surface area contributed by atoms with Crippen LogP contribution in [0.2, 0.25) is 0 Å². The molecule has 0 saturated carbocycles. The van der Waals surface area contributed by atoms with Crippen LogP contribution >= 0.6 is 0 Å². The Morgan fingerprint density at radius 1 is 0.804 bits per heavy atom. The van der Waals surface area contributed by atoms with E-state index in [0.717, 1.165) is 21.7 Å². The Hall–Kier alpha value is -4.70. The minimum Gasteiger partial charge on any atom is -0.489 e. The van der Waals surface area contributed by atoms with Gasteiger partial charge in [0.15, 0.2) is 0 Å². The summed E-state index contributed by atoms with van der Waals surface area (Å²) in [5.41, 5.74) is 2.68. The van der Waals surface area contributed by atoms with E-state index in [2.05, 4.69) is 5.32 Å². The molecular formula is C36H40FN3O5S. The van der Waals surface area contributed by atoms with Gasteiger partial charge in [0, 0.05) is 19.5 Å². The van der Waals surface area contributed by atoms with E-state index < -0.39 is 34.3 Å². The number of rotatable bonds is 15. The maximum Gasteiger partial charge on any atom is 0.244 e. The SMILES string of the molecule is CC(C)CNC(=O)C(Cc1ccccc1)N(Cc1ccc(F)cc1)C(=O)CN(c1ccc(OCc2ccccc2)cc1)S(C)(=O)=O. The summed E-state index contributed by atoms with van der Waals surface area (Å²) in [5, 5.41) is 2.94. The molecule has 0 bridgehead atoms. The molecule has 8 nitrogen and oxygen atoms in total. The van der Waals surface area contributed by atoms with Crippen molar-refractivity contribution in [2.24, 2.45) is 5.92 Å². The van der Waals surface area contributed by atoms with Crippen LogP contribution < -0.4 is 14.4 Å². The number of amides is 2. The van der Waals surface area contributed by atoms with Crippen LogP contribution in [0, 0.1) is 11.7 Å². The third kappa shape index (κ3) is 10.2. The molecule has 1 unspecified atom stereocenters. The maximum absolute atomic E-state index is 14.2. The van der Waals surface area contributed by atoms with E-state index in [4.69, 9.17) is 4.74 Å². The number of carbonyl (C=O) groups excluding carboxylic acids is 2. The second-order valence-corrected chi connectivity index (χ2v) is 13.4. The first-order valence-electron chi connectivity index (χ1n) is 15.1. The zero-order valence-corrected chi connectivity index (χ0v) is 27.1. The molecule has 0 heterocycles. The summed E-state index contributed by atoms with van der Waals surface area (Å²) in [7, 11) is -3.92. The van der Waals surface area contributed by atoms with Gasteiger partial charge in [-0.15, -0.1) is 0 Å². The molecule has 10 heteroatoms. The number of halogens is 1. The molecule has 4 rings (SSSR count). The first-order chi connectivity index (χ1) is 22.0. The Kier molecular flexibility index (Phi) is 11.9. The van der Waals surface area contributed by atoms with Crippen LogP contribution in [-0.2, 0) is 39.2 Å². The monoisotopic (exact) mass is 645 g/mol. The van der Waals surface area contributed by atoms with E-state index in [1.807, 2.05) is 74.5 Å². The fourth-order valence-electron chi connectivity index (χ4n) is 4.83. The second kappa shape index (κ2) is 16.0. The van der Waals surface area contributed by atoms with Crippen molar-refractivity contribution < 1.29 is 27.1 Å². The van der Waals surface area contributed by atoms with Gasteiger partial charge in [-0.05, 0) is 59.0 Å². The lowest BCUT2D eigenvalue weighted by Crippen LogP contribution is -2.53. The van der Waals surface area contributed by atoms with Gasteiger partial charge in [-0.3, -0.25) is 13.9 Å². The molecule has 1 atom stereocenters. The average molecular weight is 646 g/mol. The van der Waals surface area contributed by atoms with Gasteiger partial charge in [-0.25, -0.2) is 12.8 Å². The van der Waals surface area contributed by atoms with Crippen molar-refractivity contribution in [3.8, 4) is 5.75 Å². The Bertz CT molecular complexity index is 1670. The van der Waals surface area contributed by atoms with Gasteiger partial charge >= 0.3 is 0 Å². The molecule has 0 spiro atoms. The molecule has 2 amide bonds. The van der Waals surface area contributed by atoms with Gasteiger partial charge in [-0.1, -0.05) is 86.6 Å². The third-order valence-electron chi connectivity index (χ3n) is 7.27. The Labute approximate surface area is 270 Å². The zero-order chi connectivity index (χ0) is 33.1. The van der Waals surface area contributed by atoms with Crippen LogP contribution in [0.15, 0.2) is 109 Å². The molecule has 46 heavy (non-hydrogen) atoms. The van der Waals surface area contributed by atoms with Crippen molar-refractivity contribution in [3.05, 3.63) is 132 Å². The standard InChI is InChI=1S/C36H40FN3O5S/c1-27(2)23-38-36(42)34(22-28-10-6-4-7-11-28)39(24-29-14-16-31(37)17-15-29)35(41)25-40(46(3,43)44)32-18-20-33(21-19-32)45-26-30-12-8-5-9-13-30/h4-21,27,34H,22-26H2,1-3H3,(H,38,42). The second-order valence-electron chi connectivity index (χ2n) is 11.5. The van der Waals surface area contributed by atoms with Gasteiger partial charge in [0.05, 0.1) is 11.9 Å². The van der Waals surface area contributed by atoms with Crippen molar-refractivity contribution in [1.29, 1.82) is 0 Å². The van der Waals surface area contributed by atoms with E-state index >= 15 is 0 Å². The summed E-state index contributed by atoms with van der Waals surface area (Å²) in [5.74, 6) is -0.673. The highest BCUT2D eigenvalue weighted by atomic mass is 32.2. The molecule has 1 N–H and O–H groups in total. The number of nitrogens with one attached hydrogen (secondary N) is 1. The summed E-state index contributed by atoms with van der Waals surface area (Å²) < 4.78 is 46.7. The minimum absolute atomic E-state index is 0.0322. The van der Waals surface area contributed by atoms with Crippen LogP contribution in [-0.4, -0.2) is 50.5 Å². The zero-order valence-electron chi connectivity index (χ0n) is 26.3. The Morgan fingerprint density at radius 3 is 1.96 bits per heavy atom. The number of sulfonamides is 1. The Morgan fingerprint density at radius 2 is 1.39 bits per heavy atom. The van der Waals surface area contributed by atoms with E-state index in [1.54, 1.807) is 36.4 Å². The largest absolute Gasteiger partial charge is 0.489 e. The molecule has 0 saturated heterocycles. The van der Waals surface area contributed by atoms with Crippen LogP contribution in [0.3, 0.4) is 0 Å². The van der Waals surface area contributed by atoms with Crippen LogP contribution in [0.1, 0.15) is 30.5 Å². The predicted octanol–water partition coefficient (Wildman–Crippen LogP) is 5.58. The maximum atomic E-state index is 14.2. The van der Waals surface area contributed by atoms with Crippen molar-refractivity contribution in [2.45, 2.75) is 39.5 Å². The lowest BCUT2D eigenvalue weighted by molar-refractivity contribution is -0.140. The molecule has 0 aliphatic heterocycles. The van der Waals surface area contributed by atoms with Crippen molar-refractivity contribution >= 4 is 27.5 Å². The lowest BCUT2D eigenvalue weighted by Gasteiger charge is -2.33. The van der Waals surface area contributed by atoms with Crippen LogP contribution in [0.4, 0.5) is 10.1 Å². The van der Waals surface area contributed by atoms with Gasteiger partial charge in [0.1, 0.15) is 30.8 Å². The van der Waals surface area contributed by atoms with E-state index in [1.165, 1.54) is 17.0 Å². The number of anilines is 1. The molecule has 4 aromatic rings. The van der Waals surface area contributed by atoms with E-state index in [0.29, 0.717) is 24.5 Å². The van der Waals surface area contributed by atoms with Gasteiger partial charge < -0.3 is 15.0 Å². The fourth-order valence-corrected chi connectivity index (χ4v) is 5.68. The lowest BCUT2D eigenvalue weighted by atomic mass is 10.0.